The van der Waals surface area contributed by atoms with Gasteiger partial charge in [-0.15, -0.1) is 41.7 Å². The average molecular weight is 432 g/mol. The Bertz CT molecular complexity index is 475. The highest BCUT2D eigenvalue weighted by atomic mass is 127. The number of aliphatic imine (C=N–C) groups is 1. The molecule has 22 heavy (non-hydrogen) atoms. The molecule has 0 spiro atoms. The van der Waals surface area contributed by atoms with Crippen LogP contribution in [-0.4, -0.2) is 43.6 Å². The van der Waals surface area contributed by atoms with Crippen molar-refractivity contribution in [2.24, 2.45) is 4.99 Å². The van der Waals surface area contributed by atoms with Crippen LogP contribution in [0.25, 0.3) is 0 Å². The number of hydrogen-bond donors (Lipinski definition) is 2. The molecule has 1 unspecified atom stereocenters. The van der Waals surface area contributed by atoms with E-state index < -0.39 is 0 Å². The van der Waals surface area contributed by atoms with Crippen LogP contribution in [-0.2, 0) is 0 Å². The molecular weight excluding hydrogens is 407 g/mol. The number of halogens is 1. The average Bonchev–Trinajstić information content (AvgIpc) is 3.18. The molecule has 2 N–H and O–H groups in total. The first-order valence-corrected chi connectivity index (χ1v) is 8.46. The Morgan fingerprint density at radius 2 is 2.23 bits per heavy atom. The largest absolute Gasteiger partial charge is 0.357 e. The summed E-state index contributed by atoms with van der Waals surface area (Å²) in [4.78, 5) is 8.65. The Labute approximate surface area is 154 Å². The van der Waals surface area contributed by atoms with Crippen molar-refractivity contribution in [3.63, 3.8) is 0 Å². The summed E-state index contributed by atoms with van der Waals surface area (Å²) in [6, 6.07) is 4.72. The molecule has 122 valence electrons. The zero-order valence-corrected chi connectivity index (χ0v) is 16.2. The maximum atomic E-state index is 5.30. The van der Waals surface area contributed by atoms with Crippen LogP contribution < -0.4 is 10.6 Å². The van der Waals surface area contributed by atoms with E-state index >= 15 is 0 Å². The lowest BCUT2D eigenvalue weighted by atomic mass is 10.2. The zero-order chi connectivity index (χ0) is 14.9. The van der Waals surface area contributed by atoms with E-state index in [9.17, 15) is 0 Å². The van der Waals surface area contributed by atoms with Crippen LogP contribution in [0.1, 0.15) is 30.7 Å². The zero-order valence-electron chi connectivity index (χ0n) is 13.0. The maximum absolute atomic E-state index is 5.30. The molecule has 1 aromatic rings. The Morgan fingerprint density at radius 3 is 2.82 bits per heavy atom. The van der Waals surface area contributed by atoms with E-state index in [1.54, 1.807) is 0 Å². The summed E-state index contributed by atoms with van der Waals surface area (Å²) in [5.74, 6) is 3.39. The van der Waals surface area contributed by atoms with Crippen LogP contribution in [0.2, 0.25) is 0 Å². The number of thiophene rings is 1. The standard InChI is InChI=1S/C16H24N4S.HI/c1-3-9-18-16(17-4-2)19-13-14(15-8-7-12-21-15)20-10-5-6-11-20;/h1,7-8,12,14H,4-6,9-11,13H2,2H3,(H2,17,18,19);1H. The molecule has 0 saturated carbocycles. The molecule has 4 nitrogen and oxygen atoms in total. The molecule has 6 heteroatoms. The summed E-state index contributed by atoms with van der Waals surface area (Å²) in [5.41, 5.74) is 0. The van der Waals surface area contributed by atoms with Crippen molar-refractivity contribution in [2.45, 2.75) is 25.8 Å². The predicted octanol–water partition coefficient (Wildman–Crippen LogP) is 2.69. The molecular formula is C16H25IN4S. The van der Waals surface area contributed by atoms with Crippen LogP contribution in [0, 0.1) is 12.3 Å². The molecule has 1 aromatic heterocycles. The Hall–Kier alpha value is -0.780. The van der Waals surface area contributed by atoms with Crippen molar-refractivity contribution < 1.29 is 0 Å². The monoisotopic (exact) mass is 432 g/mol. The summed E-state index contributed by atoms with van der Waals surface area (Å²) < 4.78 is 0. The van der Waals surface area contributed by atoms with E-state index in [0.717, 1.165) is 19.0 Å². The summed E-state index contributed by atoms with van der Waals surface area (Å²) in [5, 5.41) is 8.53. The van der Waals surface area contributed by atoms with Gasteiger partial charge < -0.3 is 10.6 Å². The van der Waals surface area contributed by atoms with E-state index in [1.165, 1.54) is 30.8 Å². The summed E-state index contributed by atoms with van der Waals surface area (Å²) in [7, 11) is 0. The summed E-state index contributed by atoms with van der Waals surface area (Å²) >= 11 is 1.82. The number of likely N-dealkylation sites (tertiary alicyclic amines) is 1. The van der Waals surface area contributed by atoms with Crippen molar-refractivity contribution in [1.82, 2.24) is 15.5 Å². The van der Waals surface area contributed by atoms with Gasteiger partial charge in [-0.2, -0.15) is 0 Å². The van der Waals surface area contributed by atoms with Gasteiger partial charge in [-0.1, -0.05) is 12.0 Å². The third-order valence-corrected chi connectivity index (χ3v) is 4.55. The van der Waals surface area contributed by atoms with E-state index in [4.69, 9.17) is 11.4 Å². The normalized spacial score (nSPS) is 16.6. The highest BCUT2D eigenvalue weighted by molar-refractivity contribution is 14.0. The quantitative estimate of drug-likeness (QED) is 0.314. The molecule has 1 saturated heterocycles. The molecule has 1 atom stereocenters. The first-order valence-electron chi connectivity index (χ1n) is 7.58. The number of nitrogens with zero attached hydrogens (tertiary/aromatic N) is 2. The molecule has 0 aliphatic carbocycles. The van der Waals surface area contributed by atoms with Crippen molar-refractivity contribution in [3.8, 4) is 12.3 Å². The molecule has 2 heterocycles. The molecule has 1 aliphatic heterocycles. The van der Waals surface area contributed by atoms with Gasteiger partial charge in [0.1, 0.15) is 0 Å². The number of rotatable bonds is 6. The fourth-order valence-corrected chi connectivity index (χ4v) is 3.43. The number of guanidine groups is 1. The van der Waals surface area contributed by atoms with Crippen molar-refractivity contribution in [1.29, 1.82) is 0 Å². The van der Waals surface area contributed by atoms with Crippen LogP contribution in [0.3, 0.4) is 0 Å². The highest BCUT2D eigenvalue weighted by Gasteiger charge is 2.24. The number of hydrogen-bond acceptors (Lipinski definition) is 3. The minimum absolute atomic E-state index is 0. The fourth-order valence-electron chi connectivity index (χ4n) is 2.57. The smallest absolute Gasteiger partial charge is 0.192 e. The topological polar surface area (TPSA) is 39.7 Å². The van der Waals surface area contributed by atoms with Gasteiger partial charge in [0, 0.05) is 11.4 Å². The van der Waals surface area contributed by atoms with Gasteiger partial charge in [-0.3, -0.25) is 9.89 Å². The fraction of sp³-hybridized carbons (Fsp3) is 0.562. The van der Waals surface area contributed by atoms with Crippen LogP contribution in [0.15, 0.2) is 22.5 Å². The van der Waals surface area contributed by atoms with Gasteiger partial charge in [0.25, 0.3) is 0 Å². The lowest BCUT2D eigenvalue weighted by Crippen LogP contribution is -2.38. The van der Waals surface area contributed by atoms with Crippen molar-refractivity contribution in [2.75, 3.05) is 32.7 Å². The van der Waals surface area contributed by atoms with Gasteiger partial charge in [0.15, 0.2) is 5.96 Å². The molecule has 0 bridgehead atoms. The van der Waals surface area contributed by atoms with Gasteiger partial charge in [-0.05, 0) is 44.3 Å². The van der Waals surface area contributed by atoms with Gasteiger partial charge in [-0.25, -0.2) is 0 Å². The SMILES string of the molecule is C#CCNC(=NCC(c1cccs1)N1CCCC1)NCC.I. The van der Waals surface area contributed by atoms with Crippen molar-refractivity contribution >= 4 is 41.3 Å². The Kier molecular flexibility index (Phi) is 9.52. The second-order valence-electron chi connectivity index (χ2n) is 5.05. The minimum Gasteiger partial charge on any atom is -0.357 e. The molecule has 0 aromatic carbocycles. The van der Waals surface area contributed by atoms with Crippen LogP contribution in [0.5, 0.6) is 0 Å². The molecule has 1 fully saturated rings. The number of terminal acetylenes is 1. The molecule has 0 amide bonds. The maximum Gasteiger partial charge on any atom is 0.192 e. The summed E-state index contributed by atoms with van der Waals surface area (Å²) in [6.45, 7) is 6.51. The second-order valence-corrected chi connectivity index (χ2v) is 6.03. The highest BCUT2D eigenvalue weighted by Crippen LogP contribution is 2.28. The lowest BCUT2D eigenvalue weighted by Gasteiger charge is -2.25. The van der Waals surface area contributed by atoms with Crippen LogP contribution >= 0.6 is 35.3 Å². The first kappa shape index (κ1) is 19.3. The Morgan fingerprint density at radius 1 is 1.45 bits per heavy atom. The third-order valence-electron chi connectivity index (χ3n) is 3.58. The lowest BCUT2D eigenvalue weighted by molar-refractivity contribution is 0.255. The van der Waals surface area contributed by atoms with Crippen LogP contribution in [0.4, 0.5) is 0 Å². The van der Waals surface area contributed by atoms with E-state index in [0.29, 0.717) is 12.6 Å². The van der Waals surface area contributed by atoms with E-state index in [1.807, 2.05) is 11.3 Å². The Balaban J connectivity index is 0.00000242. The minimum atomic E-state index is 0. The van der Waals surface area contributed by atoms with Gasteiger partial charge >= 0.3 is 0 Å². The third kappa shape index (κ3) is 5.78. The van der Waals surface area contributed by atoms with Gasteiger partial charge in [0.05, 0.1) is 19.1 Å². The molecule has 2 rings (SSSR count). The molecule has 0 radical (unpaired) electrons. The van der Waals surface area contributed by atoms with Gasteiger partial charge in [0.2, 0.25) is 0 Å². The second kappa shape index (κ2) is 10.9. The predicted molar refractivity (Wildman–Crippen MR) is 106 cm³/mol. The van der Waals surface area contributed by atoms with Crippen molar-refractivity contribution in [3.05, 3.63) is 22.4 Å². The summed E-state index contributed by atoms with van der Waals surface area (Å²) in [6.07, 6.45) is 7.89. The molecule has 1 aliphatic rings. The number of nitrogens with one attached hydrogen (secondary N) is 2. The first-order chi connectivity index (χ1) is 10.3. The van der Waals surface area contributed by atoms with E-state index in [-0.39, 0.29) is 24.0 Å². The van der Waals surface area contributed by atoms with E-state index in [2.05, 4.69) is 45.9 Å².